The molecule has 0 aliphatic rings. The number of aromatic nitrogens is 2. The van der Waals surface area contributed by atoms with Gasteiger partial charge < -0.3 is 4.74 Å². The first kappa shape index (κ1) is 20.0. The molecule has 0 aliphatic carbocycles. The molecule has 1 aromatic heterocycles. The Kier molecular flexibility index (Phi) is 6.20. The number of halogens is 1. The van der Waals surface area contributed by atoms with E-state index in [0.717, 1.165) is 0 Å². The molecule has 3 N–H and O–H groups in total. The van der Waals surface area contributed by atoms with Crippen LogP contribution in [0.5, 0.6) is 0 Å². The van der Waals surface area contributed by atoms with Crippen molar-refractivity contribution in [3.63, 3.8) is 0 Å². The fourth-order valence-corrected chi connectivity index (χ4v) is 2.60. The van der Waals surface area contributed by atoms with Crippen LogP contribution in [0.1, 0.15) is 16.1 Å². The number of hydrogen-bond acceptors (Lipinski definition) is 6. The minimum absolute atomic E-state index is 0.234. The number of nitrogens with zero attached hydrogens (tertiary/aromatic N) is 1. The smallest absolute Gasteiger partial charge is 0.312 e. The molecule has 0 aliphatic heterocycles. The third-order valence-corrected chi connectivity index (χ3v) is 4.12. The SMILES string of the molecule is O=C(COC(=O)Cc1n[nH]c(=O)c2ccccc12)NNC(=O)c1ccc(Cl)cc1. The van der Waals surface area contributed by atoms with Crippen molar-refractivity contribution in [3.8, 4) is 0 Å². The highest BCUT2D eigenvalue weighted by molar-refractivity contribution is 6.30. The van der Waals surface area contributed by atoms with E-state index in [4.69, 9.17) is 16.3 Å². The number of rotatable bonds is 5. The van der Waals surface area contributed by atoms with Gasteiger partial charge in [-0.3, -0.25) is 30.0 Å². The van der Waals surface area contributed by atoms with Crippen LogP contribution in [-0.4, -0.2) is 34.6 Å². The van der Waals surface area contributed by atoms with Crippen molar-refractivity contribution < 1.29 is 19.1 Å². The van der Waals surface area contributed by atoms with Crippen molar-refractivity contribution in [2.24, 2.45) is 0 Å². The lowest BCUT2D eigenvalue weighted by Gasteiger charge is -2.08. The van der Waals surface area contributed by atoms with Gasteiger partial charge in [0.1, 0.15) is 0 Å². The fourth-order valence-electron chi connectivity index (χ4n) is 2.48. The van der Waals surface area contributed by atoms with Crippen LogP contribution >= 0.6 is 11.6 Å². The van der Waals surface area contributed by atoms with E-state index in [0.29, 0.717) is 27.1 Å². The van der Waals surface area contributed by atoms with Crippen LogP contribution in [0.25, 0.3) is 10.8 Å². The van der Waals surface area contributed by atoms with Gasteiger partial charge in [-0.05, 0) is 30.3 Å². The average Bonchev–Trinajstić information content (AvgIpc) is 2.73. The Hall–Kier alpha value is -3.72. The molecule has 3 rings (SSSR count). The Bertz CT molecular complexity index is 1130. The Morgan fingerprint density at radius 3 is 2.41 bits per heavy atom. The van der Waals surface area contributed by atoms with Crippen molar-refractivity contribution in [1.29, 1.82) is 0 Å². The molecule has 1 heterocycles. The lowest BCUT2D eigenvalue weighted by molar-refractivity contribution is -0.148. The number of carbonyl (C=O) groups is 3. The van der Waals surface area contributed by atoms with E-state index in [1.807, 2.05) is 0 Å². The van der Waals surface area contributed by atoms with Crippen molar-refractivity contribution in [2.75, 3.05) is 6.61 Å². The number of hydrogen-bond donors (Lipinski definition) is 3. The molecule has 29 heavy (non-hydrogen) atoms. The normalized spacial score (nSPS) is 10.4. The van der Waals surface area contributed by atoms with Crippen molar-refractivity contribution in [2.45, 2.75) is 6.42 Å². The highest BCUT2D eigenvalue weighted by atomic mass is 35.5. The number of carbonyl (C=O) groups excluding carboxylic acids is 3. The summed E-state index contributed by atoms with van der Waals surface area (Å²) < 4.78 is 4.89. The largest absolute Gasteiger partial charge is 0.455 e. The summed E-state index contributed by atoms with van der Waals surface area (Å²) in [5.41, 5.74) is 4.59. The second-order valence-corrected chi connectivity index (χ2v) is 6.33. The van der Waals surface area contributed by atoms with Gasteiger partial charge in [-0.15, -0.1) is 0 Å². The summed E-state index contributed by atoms with van der Waals surface area (Å²) in [5.74, 6) is -1.99. The Morgan fingerprint density at radius 1 is 1.00 bits per heavy atom. The first-order chi connectivity index (χ1) is 13.9. The van der Waals surface area contributed by atoms with Crippen LogP contribution < -0.4 is 16.4 Å². The molecule has 10 heteroatoms. The van der Waals surface area contributed by atoms with Gasteiger partial charge in [0.25, 0.3) is 17.4 Å². The maximum absolute atomic E-state index is 12.0. The van der Waals surface area contributed by atoms with Gasteiger partial charge in [0.2, 0.25) is 0 Å². The maximum Gasteiger partial charge on any atom is 0.312 e. The number of ether oxygens (including phenoxy) is 1. The molecular formula is C19H15ClN4O5. The molecule has 3 aromatic rings. The standard InChI is InChI=1S/C19H15ClN4O5/c20-12-7-5-11(6-8-12)18(27)23-22-16(25)10-29-17(26)9-15-13-3-1-2-4-14(13)19(28)24-21-15/h1-8H,9-10H2,(H,22,25)(H,23,27)(H,24,28). The molecule has 0 unspecified atom stereocenters. The van der Waals surface area contributed by atoms with E-state index < -0.39 is 24.4 Å². The summed E-state index contributed by atoms with van der Waals surface area (Å²) in [6.07, 6.45) is -0.234. The highest BCUT2D eigenvalue weighted by Crippen LogP contribution is 2.13. The summed E-state index contributed by atoms with van der Waals surface area (Å²) in [6.45, 7) is -0.596. The zero-order chi connectivity index (χ0) is 20.8. The van der Waals surface area contributed by atoms with Crippen LogP contribution in [0.15, 0.2) is 53.3 Å². The molecular weight excluding hydrogens is 400 g/mol. The van der Waals surface area contributed by atoms with Gasteiger partial charge >= 0.3 is 5.97 Å². The zero-order valence-electron chi connectivity index (χ0n) is 14.9. The van der Waals surface area contributed by atoms with Crippen molar-refractivity contribution >= 4 is 40.2 Å². The number of hydrazine groups is 1. The van der Waals surface area contributed by atoms with Gasteiger partial charge in [0, 0.05) is 16.0 Å². The van der Waals surface area contributed by atoms with E-state index in [9.17, 15) is 19.2 Å². The maximum atomic E-state index is 12.0. The van der Waals surface area contributed by atoms with Crippen LogP contribution in [0.3, 0.4) is 0 Å². The number of esters is 1. The Labute approximate surface area is 169 Å². The highest BCUT2D eigenvalue weighted by Gasteiger charge is 2.14. The van der Waals surface area contributed by atoms with E-state index in [2.05, 4.69) is 21.0 Å². The second kappa shape index (κ2) is 8.98. The van der Waals surface area contributed by atoms with Crippen molar-refractivity contribution in [3.05, 3.63) is 75.2 Å². The molecule has 0 atom stereocenters. The number of aromatic amines is 1. The number of nitrogens with one attached hydrogen (secondary N) is 3. The van der Waals surface area contributed by atoms with Crippen LogP contribution in [-0.2, 0) is 20.7 Å². The molecule has 0 saturated carbocycles. The van der Waals surface area contributed by atoms with Gasteiger partial charge in [-0.25, -0.2) is 5.10 Å². The molecule has 9 nitrogen and oxygen atoms in total. The molecule has 2 amide bonds. The molecule has 0 saturated heterocycles. The average molecular weight is 415 g/mol. The monoisotopic (exact) mass is 414 g/mol. The quantitative estimate of drug-likeness (QED) is 0.423. The van der Waals surface area contributed by atoms with Gasteiger partial charge in [-0.2, -0.15) is 5.10 Å². The van der Waals surface area contributed by atoms with E-state index in [-0.39, 0.29) is 12.0 Å². The molecule has 0 radical (unpaired) electrons. The number of H-pyrrole nitrogens is 1. The second-order valence-electron chi connectivity index (χ2n) is 5.89. The lowest BCUT2D eigenvalue weighted by atomic mass is 10.1. The Morgan fingerprint density at radius 2 is 1.69 bits per heavy atom. The van der Waals surface area contributed by atoms with Gasteiger partial charge in [0.05, 0.1) is 17.5 Å². The van der Waals surface area contributed by atoms with Crippen LogP contribution in [0.4, 0.5) is 0 Å². The fraction of sp³-hybridized carbons (Fsp3) is 0.105. The summed E-state index contributed by atoms with van der Waals surface area (Å²) in [7, 11) is 0. The number of amides is 2. The molecule has 0 spiro atoms. The topological polar surface area (TPSA) is 130 Å². The summed E-state index contributed by atoms with van der Waals surface area (Å²) >= 11 is 5.74. The van der Waals surface area contributed by atoms with Crippen molar-refractivity contribution in [1.82, 2.24) is 21.0 Å². The summed E-state index contributed by atoms with van der Waals surface area (Å²) in [4.78, 5) is 47.4. The number of benzene rings is 2. The Balaban J connectivity index is 1.50. The molecule has 148 valence electrons. The van der Waals surface area contributed by atoms with E-state index in [1.54, 1.807) is 24.3 Å². The predicted molar refractivity (Wildman–Crippen MR) is 104 cm³/mol. The van der Waals surface area contributed by atoms with E-state index in [1.165, 1.54) is 24.3 Å². The van der Waals surface area contributed by atoms with Gasteiger partial charge in [0.15, 0.2) is 6.61 Å². The summed E-state index contributed by atoms with van der Waals surface area (Å²) in [6, 6.07) is 12.7. The molecule has 0 bridgehead atoms. The van der Waals surface area contributed by atoms with Crippen LogP contribution in [0, 0.1) is 0 Å². The minimum atomic E-state index is -0.722. The lowest BCUT2D eigenvalue weighted by Crippen LogP contribution is -2.43. The molecule has 0 fully saturated rings. The molecule has 2 aromatic carbocycles. The van der Waals surface area contributed by atoms with E-state index >= 15 is 0 Å². The summed E-state index contributed by atoms with van der Waals surface area (Å²) in [5, 5.41) is 7.58. The number of fused-ring (bicyclic) bond motifs is 1. The third kappa shape index (κ3) is 5.17. The first-order valence-electron chi connectivity index (χ1n) is 8.40. The zero-order valence-corrected chi connectivity index (χ0v) is 15.7. The predicted octanol–water partition coefficient (Wildman–Crippen LogP) is 1.12. The first-order valence-corrected chi connectivity index (χ1v) is 8.78. The third-order valence-electron chi connectivity index (χ3n) is 3.87. The van der Waals surface area contributed by atoms with Gasteiger partial charge in [-0.1, -0.05) is 29.8 Å². The minimum Gasteiger partial charge on any atom is -0.455 e. The van der Waals surface area contributed by atoms with Crippen LogP contribution in [0.2, 0.25) is 5.02 Å².